The summed E-state index contributed by atoms with van der Waals surface area (Å²) < 4.78 is 1.04. The smallest absolute Gasteiger partial charge is 0.181 e. The van der Waals surface area contributed by atoms with Gasteiger partial charge in [-0.25, -0.2) is 9.97 Å². The van der Waals surface area contributed by atoms with Crippen LogP contribution in [-0.4, -0.2) is 36.6 Å². The van der Waals surface area contributed by atoms with Crippen molar-refractivity contribution in [3.63, 3.8) is 0 Å². The Morgan fingerprint density at radius 1 is 0.952 bits per heavy atom. The van der Waals surface area contributed by atoms with Crippen molar-refractivity contribution in [1.82, 2.24) is 30.4 Å². The number of rotatable bonds is 1. The molecular weight excluding hydrogens is 383 g/mol. The Hall–Kier alpha value is -2.36. The molecule has 0 spiro atoms. The van der Waals surface area contributed by atoms with Crippen LogP contribution >= 0.6 is 22.6 Å². The number of fused-ring (bicyclic) bond motifs is 2. The number of aromatic nitrogens is 6. The molecule has 4 aromatic heterocycles. The van der Waals surface area contributed by atoms with Gasteiger partial charge in [0.2, 0.25) is 0 Å². The summed E-state index contributed by atoms with van der Waals surface area (Å²) >= 11 is 2.20. The average molecular weight is 392 g/mol. The summed E-state index contributed by atoms with van der Waals surface area (Å²) in [5.41, 5.74) is 1.84. The fraction of sp³-hybridized carbons (Fsp3) is 0. The van der Waals surface area contributed by atoms with E-state index in [0.29, 0.717) is 11.3 Å². The zero-order chi connectivity index (χ0) is 14.7. The summed E-state index contributed by atoms with van der Waals surface area (Å²) in [7, 11) is 0. The number of H-pyrrole nitrogens is 2. The zero-order valence-corrected chi connectivity index (χ0v) is 12.8. The van der Waals surface area contributed by atoms with Crippen LogP contribution in [0.4, 0.5) is 0 Å². The molecular formula is C13H9IN6O. The number of nitrogens with zero attached hydrogens (tertiary/aromatic N) is 4. The van der Waals surface area contributed by atoms with Crippen LogP contribution in [0.2, 0.25) is 0 Å². The highest BCUT2D eigenvalue weighted by Gasteiger charge is 2.02. The number of aromatic amines is 2. The highest BCUT2D eigenvalue weighted by Crippen LogP contribution is 2.13. The van der Waals surface area contributed by atoms with Crippen molar-refractivity contribution < 1.29 is 4.79 Å². The van der Waals surface area contributed by atoms with E-state index in [1.807, 2.05) is 12.1 Å². The number of pyridine rings is 2. The number of halogens is 1. The van der Waals surface area contributed by atoms with Gasteiger partial charge in [-0.3, -0.25) is 15.0 Å². The Kier molecular flexibility index (Phi) is 3.86. The summed E-state index contributed by atoms with van der Waals surface area (Å²) in [4.78, 5) is 18.4. The predicted octanol–water partition coefficient (Wildman–Crippen LogP) is 2.33. The Balaban J connectivity index is 0.000000126. The van der Waals surface area contributed by atoms with Gasteiger partial charge in [0.25, 0.3) is 0 Å². The lowest BCUT2D eigenvalue weighted by atomic mass is 10.3. The average Bonchev–Trinajstić information content (AvgIpc) is 3.12. The van der Waals surface area contributed by atoms with E-state index in [4.69, 9.17) is 0 Å². The van der Waals surface area contributed by atoms with Crippen LogP contribution in [0, 0.1) is 3.70 Å². The molecule has 0 radical (unpaired) electrons. The highest BCUT2D eigenvalue weighted by atomic mass is 127. The lowest BCUT2D eigenvalue weighted by Crippen LogP contribution is -1.78. The SMILES string of the molecule is Ic1[nH]nc2ncccc12.O=Cc1[nH]nc2ncccc12. The van der Waals surface area contributed by atoms with Crippen LogP contribution < -0.4 is 0 Å². The molecule has 0 saturated carbocycles. The summed E-state index contributed by atoms with van der Waals surface area (Å²) in [6.07, 6.45) is 4.11. The molecule has 7 nitrogen and oxygen atoms in total. The van der Waals surface area contributed by atoms with E-state index < -0.39 is 0 Å². The third kappa shape index (κ3) is 2.75. The lowest BCUT2D eigenvalue weighted by Gasteiger charge is -1.83. The molecule has 0 unspecified atom stereocenters. The molecule has 4 heterocycles. The van der Waals surface area contributed by atoms with Crippen LogP contribution in [0.5, 0.6) is 0 Å². The van der Waals surface area contributed by atoms with Gasteiger partial charge in [0.05, 0.1) is 5.39 Å². The van der Waals surface area contributed by atoms with Crippen LogP contribution in [-0.2, 0) is 0 Å². The predicted molar refractivity (Wildman–Crippen MR) is 85.9 cm³/mol. The molecule has 0 amide bonds. The second-order valence-corrected chi connectivity index (χ2v) is 5.12. The van der Waals surface area contributed by atoms with Crippen molar-refractivity contribution in [2.24, 2.45) is 0 Å². The fourth-order valence-electron chi connectivity index (χ4n) is 1.78. The molecule has 0 fully saturated rings. The van der Waals surface area contributed by atoms with Gasteiger partial charge >= 0.3 is 0 Å². The lowest BCUT2D eigenvalue weighted by molar-refractivity contribution is 0.112. The largest absolute Gasteiger partial charge is 0.296 e. The molecule has 21 heavy (non-hydrogen) atoms. The van der Waals surface area contributed by atoms with E-state index in [0.717, 1.165) is 26.4 Å². The van der Waals surface area contributed by atoms with Crippen molar-refractivity contribution in [1.29, 1.82) is 0 Å². The number of hydrogen-bond donors (Lipinski definition) is 2. The van der Waals surface area contributed by atoms with Gasteiger partial charge < -0.3 is 0 Å². The Bertz CT molecular complexity index is 900. The molecule has 0 atom stereocenters. The van der Waals surface area contributed by atoms with Gasteiger partial charge in [0, 0.05) is 17.8 Å². The van der Waals surface area contributed by atoms with Crippen molar-refractivity contribution in [2.45, 2.75) is 0 Å². The van der Waals surface area contributed by atoms with Gasteiger partial charge in [-0.05, 0) is 46.9 Å². The summed E-state index contributed by atoms with van der Waals surface area (Å²) in [5.74, 6) is 0. The maximum absolute atomic E-state index is 10.4. The van der Waals surface area contributed by atoms with Crippen molar-refractivity contribution in [2.75, 3.05) is 0 Å². The first-order chi connectivity index (χ1) is 10.3. The molecule has 2 N–H and O–H groups in total. The van der Waals surface area contributed by atoms with Gasteiger partial charge in [-0.15, -0.1) is 0 Å². The molecule has 0 bridgehead atoms. The molecule has 4 aromatic rings. The van der Waals surface area contributed by atoms with Gasteiger partial charge in [0.1, 0.15) is 9.39 Å². The van der Waals surface area contributed by atoms with E-state index in [1.165, 1.54) is 0 Å². The minimum atomic E-state index is 0.480. The van der Waals surface area contributed by atoms with Crippen LogP contribution in [0.3, 0.4) is 0 Å². The number of aldehydes is 1. The van der Waals surface area contributed by atoms with Crippen molar-refractivity contribution >= 4 is 50.9 Å². The van der Waals surface area contributed by atoms with Crippen LogP contribution in [0.25, 0.3) is 22.1 Å². The Morgan fingerprint density at radius 3 is 2.24 bits per heavy atom. The molecule has 8 heteroatoms. The summed E-state index contributed by atoms with van der Waals surface area (Å²) in [5, 5.41) is 15.1. The normalized spacial score (nSPS) is 10.3. The second kappa shape index (κ2) is 5.95. The van der Waals surface area contributed by atoms with Crippen LogP contribution in [0.15, 0.2) is 36.7 Å². The van der Waals surface area contributed by atoms with E-state index in [9.17, 15) is 4.79 Å². The molecule has 0 aliphatic heterocycles. The van der Waals surface area contributed by atoms with E-state index in [1.54, 1.807) is 24.5 Å². The fourth-order valence-corrected chi connectivity index (χ4v) is 2.32. The third-order valence-electron chi connectivity index (χ3n) is 2.76. The van der Waals surface area contributed by atoms with Crippen molar-refractivity contribution in [3.05, 3.63) is 46.1 Å². The number of carbonyl (C=O) groups excluding carboxylic acids is 1. The van der Waals surface area contributed by atoms with Gasteiger partial charge in [-0.2, -0.15) is 10.2 Å². The van der Waals surface area contributed by atoms with Gasteiger partial charge in [0.15, 0.2) is 17.6 Å². The third-order valence-corrected chi connectivity index (χ3v) is 3.58. The minimum Gasteiger partial charge on any atom is -0.296 e. The Labute approximate surface area is 132 Å². The molecule has 104 valence electrons. The first-order valence-corrected chi connectivity index (χ1v) is 7.06. The molecule has 0 aliphatic carbocycles. The number of nitrogens with one attached hydrogen (secondary N) is 2. The molecule has 0 aliphatic rings. The monoisotopic (exact) mass is 392 g/mol. The minimum absolute atomic E-state index is 0.480. The molecule has 0 saturated heterocycles. The zero-order valence-electron chi connectivity index (χ0n) is 10.6. The number of carbonyl (C=O) groups is 1. The number of hydrogen-bond acceptors (Lipinski definition) is 5. The standard InChI is InChI=1S/C7H5N3O.C6H4IN3/c11-4-6-5-2-1-3-8-7(5)10-9-6;7-5-4-2-1-3-8-6(4)10-9-5/h1-4H,(H,8,9,10);1-3H,(H,8,9,10). The highest BCUT2D eigenvalue weighted by molar-refractivity contribution is 14.1. The van der Waals surface area contributed by atoms with E-state index in [-0.39, 0.29) is 0 Å². The maximum Gasteiger partial charge on any atom is 0.181 e. The molecule has 4 rings (SSSR count). The van der Waals surface area contributed by atoms with E-state index in [2.05, 4.69) is 53.0 Å². The van der Waals surface area contributed by atoms with Gasteiger partial charge in [-0.1, -0.05) is 0 Å². The first kappa shape index (κ1) is 13.6. The van der Waals surface area contributed by atoms with E-state index >= 15 is 0 Å². The second-order valence-electron chi connectivity index (χ2n) is 4.04. The first-order valence-electron chi connectivity index (χ1n) is 5.98. The quantitative estimate of drug-likeness (QED) is 0.383. The topological polar surface area (TPSA) is 100 Å². The van der Waals surface area contributed by atoms with Crippen molar-refractivity contribution in [3.8, 4) is 0 Å². The summed E-state index contributed by atoms with van der Waals surface area (Å²) in [6, 6.07) is 7.47. The van der Waals surface area contributed by atoms with Crippen LogP contribution in [0.1, 0.15) is 10.5 Å². The Morgan fingerprint density at radius 2 is 1.57 bits per heavy atom. The maximum atomic E-state index is 10.4. The summed E-state index contributed by atoms with van der Waals surface area (Å²) in [6.45, 7) is 0. The molecule has 0 aromatic carbocycles.